The number of benzene rings is 1. The second-order valence-corrected chi connectivity index (χ2v) is 18.9. The highest BCUT2D eigenvalue weighted by atomic mass is 16.8. The summed E-state index contributed by atoms with van der Waals surface area (Å²) < 4.78 is 36.2. The normalized spacial score (nSPS) is 35.2. The number of hydrogen-bond donors (Lipinski definition) is 7. The van der Waals surface area contributed by atoms with Crippen molar-refractivity contribution in [3.63, 3.8) is 0 Å². The fraction of sp³-hybridized carbons (Fsp3) is 0.727. The van der Waals surface area contributed by atoms with E-state index in [0.29, 0.717) is 0 Å². The Morgan fingerprint density at radius 3 is 2.41 bits per heavy atom. The van der Waals surface area contributed by atoms with Crippen LogP contribution in [0.3, 0.4) is 0 Å². The zero-order chi connectivity index (χ0) is 44.8. The first-order valence-electron chi connectivity index (χ1n) is 22.1. The van der Waals surface area contributed by atoms with Crippen molar-refractivity contribution in [2.24, 2.45) is 17.3 Å². The van der Waals surface area contributed by atoms with E-state index in [0.717, 1.165) is 36.8 Å². The maximum atomic E-state index is 14.7. The quantitative estimate of drug-likeness (QED) is 0.0936. The number of ether oxygens (including phenoxy) is 6. The summed E-state index contributed by atoms with van der Waals surface area (Å²) in [4.78, 5) is 60.8. The zero-order valence-electron chi connectivity index (χ0n) is 35.8. The Labute approximate surface area is 365 Å². The molecule has 12 atom stereocenters. The minimum Gasteiger partial charge on any atom is -0.460 e. The average molecular weight is 888 g/mol. The van der Waals surface area contributed by atoms with Gasteiger partial charge in [-0.1, -0.05) is 36.4 Å². The molecule has 0 radical (unpaired) electrons. The number of carbonyl (C=O) groups is 4. The molecule has 63 heavy (non-hydrogen) atoms. The highest BCUT2D eigenvalue weighted by Crippen LogP contribution is 2.63. The molecule has 2 amide bonds. The topological polar surface area (TPSA) is 261 Å². The van der Waals surface area contributed by atoms with Crippen molar-refractivity contribution in [1.29, 1.82) is 0 Å². The van der Waals surface area contributed by atoms with Crippen LogP contribution >= 0.6 is 0 Å². The number of carbonyl (C=O) groups excluding carboxylic acids is 4. The summed E-state index contributed by atoms with van der Waals surface area (Å²) in [5.41, 5.74) is -0.630. The SMILES string of the molecule is CC(C)(C)OC(=O)CCC(CO)NC(=O)CCNC(=O)C12CC3OC(=O)C1N(Cc1cccc(C=CCOC4OC(CO)C(O)C(O)C4O)c1)OC2C1OC(C2CC2)(C2CC2)OC31. The van der Waals surface area contributed by atoms with Crippen LogP contribution in [0, 0.1) is 17.3 Å². The third kappa shape index (κ3) is 9.42. The minimum absolute atomic E-state index is 0.000218. The van der Waals surface area contributed by atoms with Gasteiger partial charge in [-0.25, -0.2) is 0 Å². The lowest BCUT2D eigenvalue weighted by Crippen LogP contribution is -2.69. The summed E-state index contributed by atoms with van der Waals surface area (Å²) in [5, 5.41) is 56.9. The molecule has 12 unspecified atom stereocenters. The van der Waals surface area contributed by atoms with E-state index in [1.54, 1.807) is 32.9 Å². The predicted octanol–water partition coefficient (Wildman–Crippen LogP) is -0.278. The summed E-state index contributed by atoms with van der Waals surface area (Å²) >= 11 is 0. The van der Waals surface area contributed by atoms with Crippen molar-refractivity contribution in [1.82, 2.24) is 15.7 Å². The van der Waals surface area contributed by atoms with Crippen LogP contribution in [0.2, 0.25) is 0 Å². The highest BCUT2D eigenvalue weighted by molar-refractivity contribution is 5.94. The maximum absolute atomic E-state index is 14.7. The molecule has 2 bridgehead atoms. The number of amides is 2. The Morgan fingerprint density at radius 2 is 1.73 bits per heavy atom. The van der Waals surface area contributed by atoms with Crippen molar-refractivity contribution in [3.05, 3.63) is 41.5 Å². The van der Waals surface area contributed by atoms with E-state index >= 15 is 0 Å². The summed E-state index contributed by atoms with van der Waals surface area (Å²) in [5.74, 6) is -2.43. The molecule has 3 saturated carbocycles. The molecule has 4 heterocycles. The van der Waals surface area contributed by atoms with E-state index in [9.17, 15) is 44.7 Å². The second kappa shape index (κ2) is 18.4. The molecular weight excluding hydrogens is 826 g/mol. The lowest BCUT2D eigenvalue weighted by atomic mass is 9.62. The summed E-state index contributed by atoms with van der Waals surface area (Å²) in [6.07, 6.45) is -2.60. The van der Waals surface area contributed by atoms with Crippen LogP contribution in [0.1, 0.15) is 83.3 Å². The van der Waals surface area contributed by atoms with Gasteiger partial charge in [0.2, 0.25) is 11.8 Å². The van der Waals surface area contributed by atoms with E-state index in [1.165, 1.54) is 5.06 Å². The number of nitrogens with zero attached hydrogens (tertiary/aromatic N) is 1. The first-order chi connectivity index (χ1) is 30.1. The van der Waals surface area contributed by atoms with Crippen molar-refractivity contribution >= 4 is 29.8 Å². The lowest BCUT2D eigenvalue weighted by Gasteiger charge is -2.48. The molecular formula is C44H61N3O16. The van der Waals surface area contributed by atoms with Crippen molar-refractivity contribution in [3.8, 4) is 0 Å². The minimum atomic E-state index is -1.56. The number of rotatable bonds is 18. The number of fused-ring (bicyclic) bond motifs is 4. The largest absolute Gasteiger partial charge is 0.460 e. The molecule has 4 saturated heterocycles. The van der Waals surface area contributed by atoms with E-state index in [-0.39, 0.29) is 57.2 Å². The Kier molecular flexibility index (Phi) is 13.4. The number of aliphatic hydroxyl groups is 5. The van der Waals surface area contributed by atoms with Crippen LogP contribution in [-0.2, 0) is 59.0 Å². The molecule has 1 aromatic rings. The Hall–Kier alpha value is -3.60. The molecule has 0 spiro atoms. The van der Waals surface area contributed by atoms with Gasteiger partial charge in [0, 0.05) is 37.6 Å². The molecule has 19 nitrogen and oxygen atoms in total. The molecule has 3 aliphatic carbocycles. The van der Waals surface area contributed by atoms with Crippen molar-refractivity contribution in [2.45, 2.75) is 157 Å². The van der Waals surface area contributed by atoms with Crippen LogP contribution in [-0.4, -0.2) is 159 Å². The Balaban J connectivity index is 0.954. The zero-order valence-corrected chi connectivity index (χ0v) is 35.8. The lowest BCUT2D eigenvalue weighted by molar-refractivity contribution is -0.298. The van der Waals surface area contributed by atoms with E-state index in [2.05, 4.69) is 10.6 Å². The van der Waals surface area contributed by atoms with Crippen molar-refractivity contribution < 1.29 is 78.0 Å². The molecule has 7 fully saturated rings. The van der Waals surface area contributed by atoms with Crippen LogP contribution in [0.5, 0.6) is 0 Å². The molecule has 19 heteroatoms. The number of aliphatic hydroxyl groups excluding tert-OH is 5. The van der Waals surface area contributed by atoms with Gasteiger partial charge in [-0.05, 0) is 64.0 Å². The van der Waals surface area contributed by atoms with Gasteiger partial charge in [-0.3, -0.25) is 24.0 Å². The van der Waals surface area contributed by atoms with Gasteiger partial charge < -0.3 is 64.6 Å². The van der Waals surface area contributed by atoms with Crippen LogP contribution in [0.4, 0.5) is 0 Å². The second-order valence-electron chi connectivity index (χ2n) is 18.9. The molecule has 0 aromatic heterocycles. The molecule has 4 aliphatic heterocycles. The standard InChI is InChI=1S/C44H61N3O16/c1-42(2,3)60-31(51)14-13-27(21-48)46-30(50)15-16-45-41(56)43-19-28-35-36(62-44(61-35,25-9-10-25)26-11-12-26)38(43)63-47(37(43)39(55)58-28)20-24-7-4-6-23(18-24)8-5-17-57-40-34(54)33(53)32(52)29(22-49)59-40/h4-8,18,25-29,32-38,40,48-49,52-54H,9-17,19-22H2,1-3H3,(H,45,56)(H,46,50). The number of hydrogen-bond acceptors (Lipinski definition) is 17. The fourth-order valence-corrected chi connectivity index (χ4v) is 9.83. The molecule has 1 aromatic carbocycles. The van der Waals surface area contributed by atoms with Gasteiger partial charge in [0.15, 0.2) is 18.1 Å². The fourth-order valence-electron chi connectivity index (χ4n) is 9.83. The van der Waals surface area contributed by atoms with Gasteiger partial charge in [0.1, 0.15) is 59.8 Å². The van der Waals surface area contributed by atoms with Crippen LogP contribution in [0.15, 0.2) is 30.3 Å². The summed E-state index contributed by atoms with van der Waals surface area (Å²) in [6, 6.07) is 5.53. The highest BCUT2D eigenvalue weighted by Gasteiger charge is 2.78. The molecule has 7 aliphatic rings. The average Bonchev–Trinajstić information content (AvgIpc) is 4.19. The number of esters is 2. The smallest absolute Gasteiger partial charge is 0.327 e. The van der Waals surface area contributed by atoms with Crippen LogP contribution < -0.4 is 10.6 Å². The van der Waals surface area contributed by atoms with E-state index in [4.69, 9.17) is 33.3 Å². The molecule has 348 valence electrons. The van der Waals surface area contributed by atoms with Gasteiger partial charge in [0.05, 0.1) is 32.4 Å². The Bertz CT molecular complexity index is 1870. The van der Waals surface area contributed by atoms with E-state index in [1.807, 2.05) is 24.3 Å². The molecule has 7 N–H and O–H groups in total. The van der Waals surface area contributed by atoms with Gasteiger partial charge in [-0.15, -0.1) is 0 Å². The number of hydroxylamine groups is 2. The maximum Gasteiger partial charge on any atom is 0.327 e. The monoisotopic (exact) mass is 887 g/mol. The number of nitrogens with one attached hydrogen (secondary N) is 2. The first kappa shape index (κ1) is 45.9. The van der Waals surface area contributed by atoms with Gasteiger partial charge >= 0.3 is 11.9 Å². The third-order valence-corrected chi connectivity index (χ3v) is 13.1. The third-order valence-electron chi connectivity index (χ3n) is 13.1. The van der Waals surface area contributed by atoms with Gasteiger partial charge in [0.25, 0.3) is 0 Å². The van der Waals surface area contributed by atoms with Crippen LogP contribution in [0.25, 0.3) is 6.08 Å². The summed E-state index contributed by atoms with van der Waals surface area (Å²) in [6.45, 7) is 4.26. The van der Waals surface area contributed by atoms with Crippen molar-refractivity contribution in [2.75, 3.05) is 26.4 Å². The first-order valence-corrected chi connectivity index (χ1v) is 22.1. The molecule has 8 rings (SSSR count). The predicted molar refractivity (Wildman–Crippen MR) is 216 cm³/mol. The van der Waals surface area contributed by atoms with E-state index < -0.39 is 121 Å². The summed E-state index contributed by atoms with van der Waals surface area (Å²) in [7, 11) is 0. The van der Waals surface area contributed by atoms with Gasteiger partial charge in [-0.2, -0.15) is 5.06 Å². The Morgan fingerprint density at radius 1 is 1.00 bits per heavy atom.